The lowest BCUT2D eigenvalue weighted by atomic mass is 10.0. The zero-order valence-corrected chi connectivity index (χ0v) is 42.1. The van der Waals surface area contributed by atoms with Crippen molar-refractivity contribution in [2.75, 3.05) is 13.2 Å². The van der Waals surface area contributed by atoms with Gasteiger partial charge in [-0.1, -0.05) is 230 Å². The normalized spacial score (nSPS) is 12.9. The van der Waals surface area contributed by atoms with E-state index < -0.39 is 12.1 Å². The van der Waals surface area contributed by atoms with Crippen molar-refractivity contribution in [3.8, 4) is 0 Å². The molecule has 0 bridgehead atoms. The fraction of sp³-hybridized carbons (Fsp3) is 0.860. The lowest BCUT2D eigenvalue weighted by Crippen LogP contribution is -2.45. The molecule has 6 nitrogen and oxygen atoms in total. The molecule has 0 aliphatic rings. The van der Waals surface area contributed by atoms with Crippen LogP contribution in [0.2, 0.25) is 0 Å². The first-order chi connectivity index (χ1) is 31.0. The summed E-state index contributed by atoms with van der Waals surface area (Å²) in [4.78, 5) is 24.5. The molecule has 0 aromatic carbocycles. The summed E-state index contributed by atoms with van der Waals surface area (Å²) >= 11 is 0. The Morgan fingerprint density at radius 1 is 0.444 bits per heavy atom. The van der Waals surface area contributed by atoms with Gasteiger partial charge < -0.3 is 20.3 Å². The Kier molecular flexibility index (Phi) is 51.1. The molecule has 0 spiro atoms. The molecule has 2 unspecified atom stereocenters. The van der Waals surface area contributed by atoms with Crippen LogP contribution in [-0.2, 0) is 14.3 Å². The fourth-order valence-corrected chi connectivity index (χ4v) is 8.37. The summed E-state index contributed by atoms with van der Waals surface area (Å²) in [5.41, 5.74) is 0. The Hall–Kier alpha value is -1.92. The van der Waals surface area contributed by atoms with E-state index in [0.717, 1.165) is 77.0 Å². The highest BCUT2D eigenvalue weighted by atomic mass is 16.5. The number of carbonyl (C=O) groups is 2. The maximum Gasteiger partial charge on any atom is 0.305 e. The number of aliphatic hydroxyl groups is 2. The monoisotopic (exact) mass is 886 g/mol. The standard InChI is InChI=1S/C57H107NO5/c1-3-5-7-9-11-13-15-17-19-20-21-23-27-31-35-39-43-47-51-57(62)63-52-48-44-40-36-32-28-24-26-30-34-38-42-46-50-56(61)58-54(53-59)55(60)49-45-41-37-33-29-25-22-18-16-14-12-10-8-6-4-2/h13,15,19-20,26,30,54-55,59-60H,3-12,14,16-18,21-25,27-29,31-53H2,1-2H3,(H,58,61)/b15-13-,20-19-,30-26-. The first kappa shape index (κ1) is 61.1. The number of amides is 1. The summed E-state index contributed by atoms with van der Waals surface area (Å²) in [6, 6.07) is -0.562. The topological polar surface area (TPSA) is 95.9 Å². The molecule has 0 aromatic heterocycles. The van der Waals surface area contributed by atoms with Crippen molar-refractivity contribution in [2.24, 2.45) is 0 Å². The molecule has 1 amide bonds. The van der Waals surface area contributed by atoms with Gasteiger partial charge in [0, 0.05) is 12.8 Å². The number of rotatable bonds is 51. The Labute approximate surface area is 392 Å². The van der Waals surface area contributed by atoms with Crippen LogP contribution >= 0.6 is 0 Å². The van der Waals surface area contributed by atoms with E-state index in [9.17, 15) is 19.8 Å². The molecule has 0 radical (unpaired) electrons. The Balaban J connectivity index is 3.49. The number of aliphatic hydroxyl groups excluding tert-OH is 2. The number of allylic oxidation sites excluding steroid dienone is 6. The lowest BCUT2D eigenvalue weighted by Gasteiger charge is -2.22. The predicted octanol–water partition coefficient (Wildman–Crippen LogP) is 16.9. The quantitative estimate of drug-likeness (QED) is 0.0321. The van der Waals surface area contributed by atoms with Crippen LogP contribution in [0.5, 0.6) is 0 Å². The summed E-state index contributed by atoms with van der Waals surface area (Å²) in [5, 5.41) is 23.2. The fourth-order valence-electron chi connectivity index (χ4n) is 8.37. The number of carbonyl (C=O) groups excluding carboxylic acids is 2. The second-order valence-corrected chi connectivity index (χ2v) is 18.9. The van der Waals surface area contributed by atoms with Gasteiger partial charge >= 0.3 is 5.97 Å². The average Bonchev–Trinajstić information content (AvgIpc) is 3.28. The maximum atomic E-state index is 12.5. The van der Waals surface area contributed by atoms with Crippen molar-refractivity contribution in [2.45, 2.75) is 302 Å². The highest BCUT2D eigenvalue weighted by Crippen LogP contribution is 2.16. The maximum absolute atomic E-state index is 12.5. The van der Waals surface area contributed by atoms with Gasteiger partial charge in [-0.05, 0) is 83.5 Å². The first-order valence-corrected chi connectivity index (χ1v) is 27.7. The largest absolute Gasteiger partial charge is 0.466 e. The number of unbranched alkanes of at least 4 members (excludes halogenated alkanes) is 34. The minimum Gasteiger partial charge on any atom is -0.466 e. The van der Waals surface area contributed by atoms with Crippen LogP contribution in [0.25, 0.3) is 0 Å². The van der Waals surface area contributed by atoms with Gasteiger partial charge in [0.1, 0.15) is 0 Å². The molecule has 0 rings (SSSR count). The molecule has 0 aliphatic carbocycles. The van der Waals surface area contributed by atoms with Crippen LogP contribution in [0.4, 0.5) is 0 Å². The summed E-state index contributed by atoms with van der Waals surface area (Å²) in [7, 11) is 0. The molecule has 2 atom stereocenters. The number of esters is 1. The smallest absolute Gasteiger partial charge is 0.305 e. The molecule has 0 fully saturated rings. The van der Waals surface area contributed by atoms with Crippen molar-refractivity contribution >= 4 is 11.9 Å². The number of ether oxygens (including phenoxy) is 1. The highest BCUT2D eigenvalue weighted by molar-refractivity contribution is 5.76. The third-order valence-corrected chi connectivity index (χ3v) is 12.7. The summed E-state index contributed by atoms with van der Waals surface area (Å²) in [6.07, 6.45) is 64.1. The van der Waals surface area contributed by atoms with Crippen molar-refractivity contribution in [1.82, 2.24) is 5.32 Å². The van der Waals surface area contributed by atoms with Gasteiger partial charge in [0.25, 0.3) is 0 Å². The van der Waals surface area contributed by atoms with Crippen molar-refractivity contribution in [1.29, 1.82) is 0 Å². The van der Waals surface area contributed by atoms with E-state index in [0.29, 0.717) is 25.9 Å². The van der Waals surface area contributed by atoms with E-state index in [1.54, 1.807) is 0 Å². The van der Waals surface area contributed by atoms with Crippen molar-refractivity contribution in [3.05, 3.63) is 36.5 Å². The van der Waals surface area contributed by atoms with Crippen LogP contribution in [0.3, 0.4) is 0 Å². The zero-order valence-electron chi connectivity index (χ0n) is 42.1. The van der Waals surface area contributed by atoms with Gasteiger partial charge in [0.15, 0.2) is 0 Å². The van der Waals surface area contributed by atoms with E-state index in [4.69, 9.17) is 4.74 Å². The summed E-state index contributed by atoms with van der Waals surface area (Å²) in [6.45, 7) is 4.89. The van der Waals surface area contributed by atoms with Crippen molar-refractivity contribution in [3.63, 3.8) is 0 Å². The van der Waals surface area contributed by atoms with E-state index in [1.807, 2.05) is 0 Å². The molecule has 370 valence electrons. The minimum absolute atomic E-state index is 0.0200. The molecule has 6 heteroatoms. The van der Waals surface area contributed by atoms with E-state index in [-0.39, 0.29) is 18.5 Å². The Bertz CT molecular complexity index is 1020. The number of hydrogen-bond donors (Lipinski definition) is 3. The third-order valence-electron chi connectivity index (χ3n) is 12.7. The SMILES string of the molecule is CCCCCC/C=C\C/C=C\CCCCCCCCCC(=O)OCCCCCCCC/C=C\CCCCCC(=O)NC(CO)C(O)CCCCCCCCCCCCCCCCC. The van der Waals surface area contributed by atoms with Gasteiger partial charge in [-0.25, -0.2) is 0 Å². The second-order valence-electron chi connectivity index (χ2n) is 18.9. The van der Waals surface area contributed by atoms with Crippen LogP contribution in [0.15, 0.2) is 36.5 Å². The van der Waals surface area contributed by atoms with E-state index in [1.165, 1.54) is 180 Å². The molecule has 63 heavy (non-hydrogen) atoms. The predicted molar refractivity (Wildman–Crippen MR) is 273 cm³/mol. The first-order valence-electron chi connectivity index (χ1n) is 27.7. The summed E-state index contributed by atoms with van der Waals surface area (Å²) in [5.74, 6) is -0.0851. The Morgan fingerprint density at radius 3 is 1.25 bits per heavy atom. The second kappa shape index (κ2) is 52.7. The summed E-state index contributed by atoms with van der Waals surface area (Å²) < 4.78 is 5.47. The van der Waals surface area contributed by atoms with E-state index >= 15 is 0 Å². The molecule has 3 N–H and O–H groups in total. The van der Waals surface area contributed by atoms with Gasteiger partial charge in [-0.3, -0.25) is 9.59 Å². The third kappa shape index (κ3) is 49.4. The molecular formula is C57H107NO5. The van der Waals surface area contributed by atoms with Crippen LogP contribution in [-0.4, -0.2) is 47.4 Å². The zero-order chi connectivity index (χ0) is 45.8. The lowest BCUT2D eigenvalue weighted by molar-refractivity contribution is -0.143. The molecule has 0 saturated carbocycles. The van der Waals surface area contributed by atoms with Crippen molar-refractivity contribution < 1.29 is 24.5 Å². The van der Waals surface area contributed by atoms with Gasteiger partial charge in [0.05, 0.1) is 25.4 Å². The van der Waals surface area contributed by atoms with Gasteiger partial charge in [-0.2, -0.15) is 0 Å². The molecule has 0 saturated heterocycles. The average molecular weight is 886 g/mol. The van der Waals surface area contributed by atoms with Gasteiger partial charge in [-0.15, -0.1) is 0 Å². The number of nitrogens with one attached hydrogen (secondary N) is 1. The van der Waals surface area contributed by atoms with Gasteiger partial charge in [0.2, 0.25) is 5.91 Å². The van der Waals surface area contributed by atoms with Crippen LogP contribution in [0, 0.1) is 0 Å². The van der Waals surface area contributed by atoms with Crippen LogP contribution in [0.1, 0.15) is 290 Å². The number of hydrogen-bond acceptors (Lipinski definition) is 5. The van der Waals surface area contributed by atoms with E-state index in [2.05, 4.69) is 55.6 Å². The molecule has 0 aromatic rings. The minimum atomic E-state index is -0.682. The molecular weight excluding hydrogens is 779 g/mol. The van der Waals surface area contributed by atoms with Crippen LogP contribution < -0.4 is 5.32 Å². The molecule has 0 aliphatic heterocycles. The highest BCUT2D eigenvalue weighted by Gasteiger charge is 2.20. The Morgan fingerprint density at radius 2 is 0.794 bits per heavy atom. The molecule has 0 heterocycles.